The fraction of sp³-hybridized carbons (Fsp3) is 0.0933. The standard InChI is InChI=1S/C75H16/c1-3-7-14(8-4-1)11-72-63-53-43-38-26-22-17-16-18-20-21-19(16)25-28-23(17)29(26)41-46-40(28)45-33(25)37-31(21)36-35-30(20)34-32-24(18)27(22)39(43)44(32)54(63)58-48(34)49(35)59-60-50(36)51(37)61-57(45)64-55(46)56-47(41)42(38)52(53)62-65(56)75-13-74(64,75)69(61)68(60)73(67(59)66(58)72,71(75)70(62)72)12-15-9-5-2-6-10-15/h1-10H,11-13H2/t72?,73-,74?,75?/m0/s1. The van der Waals surface area contributed by atoms with Crippen LogP contribution in [-0.2, 0) is 34.5 Å². The van der Waals surface area contributed by atoms with E-state index in [9.17, 15) is 0 Å². The SMILES string of the molecule is c1ccc(CC23C4=C5C67CC68c6c9c%10c%11c(c2c2c%12c3c3c%13c4c7c4c7c8c8c6c6c%10c%10c%14c%11c2c2c%11c%12c%12c3c3c%13c4c4c7c7c8c8c6c%10c6c(c%142)c2c%11c%12c%10c3c4c3c7c8c6c2c%103)[C@]59Cc2ccccc2)cc1. The van der Waals surface area contributed by atoms with Gasteiger partial charge in [-0.25, -0.2) is 0 Å². The Hall–Kier alpha value is -8.84. The maximum Gasteiger partial charge on any atom is 0.0520 e. The summed E-state index contributed by atoms with van der Waals surface area (Å²) < 4.78 is 0. The molecule has 26 aromatic rings. The van der Waals surface area contributed by atoms with Crippen LogP contribution in [0.5, 0.6) is 0 Å². The van der Waals surface area contributed by atoms with Crippen molar-refractivity contribution in [1.82, 2.24) is 0 Å². The minimum absolute atomic E-state index is 0.0531. The first-order chi connectivity index (χ1) is 37.3. The summed E-state index contributed by atoms with van der Waals surface area (Å²) in [7, 11) is 0. The lowest BCUT2D eigenvalue weighted by molar-refractivity contribution is 0.476. The van der Waals surface area contributed by atoms with Gasteiger partial charge in [-0.05, 0) is 334 Å². The quantitative estimate of drug-likeness (QED) is 0.154. The highest BCUT2D eigenvalue weighted by atomic mass is 14.9. The van der Waals surface area contributed by atoms with Crippen LogP contribution in [0.25, 0.3) is 253 Å². The molecule has 2 spiro atoms. The molecule has 0 bridgehead atoms. The highest BCUT2D eigenvalue weighted by Crippen LogP contribution is 2.95. The molecule has 0 heterocycles. The normalized spacial score (nSPS) is 26.3. The van der Waals surface area contributed by atoms with Crippen molar-refractivity contribution in [1.29, 1.82) is 0 Å². The van der Waals surface area contributed by atoms with Gasteiger partial charge >= 0.3 is 0 Å². The Morgan fingerprint density at radius 3 is 0.920 bits per heavy atom. The van der Waals surface area contributed by atoms with Crippen molar-refractivity contribution in [3.05, 3.63) is 122 Å². The van der Waals surface area contributed by atoms with E-state index in [0.29, 0.717) is 0 Å². The van der Waals surface area contributed by atoms with Gasteiger partial charge in [0.2, 0.25) is 0 Å². The van der Waals surface area contributed by atoms with Crippen molar-refractivity contribution < 1.29 is 0 Å². The van der Waals surface area contributed by atoms with E-state index in [-0.39, 0.29) is 21.7 Å². The Kier molecular flexibility index (Phi) is 2.50. The Bertz CT molecular complexity index is 7650. The third kappa shape index (κ3) is 1.58. The summed E-state index contributed by atoms with van der Waals surface area (Å²) >= 11 is 0. The fourth-order valence-electron chi connectivity index (χ4n) is 27.7. The molecular weight excluding hydrogens is 901 g/mol. The predicted octanol–water partition coefficient (Wildman–Crippen LogP) is 18.6. The van der Waals surface area contributed by atoms with Gasteiger partial charge in [-0.2, -0.15) is 0 Å². The van der Waals surface area contributed by atoms with E-state index in [4.69, 9.17) is 0 Å². The fourth-order valence-corrected chi connectivity index (χ4v) is 27.7. The van der Waals surface area contributed by atoms with Gasteiger partial charge in [0.15, 0.2) is 0 Å². The van der Waals surface area contributed by atoms with E-state index >= 15 is 0 Å². The molecule has 1 fully saturated rings. The molecule has 3 unspecified atom stereocenters. The maximum atomic E-state index is 2.54. The van der Waals surface area contributed by atoms with Crippen LogP contribution in [-0.4, -0.2) is 0 Å². The maximum absolute atomic E-state index is 2.54. The van der Waals surface area contributed by atoms with E-state index in [1.807, 2.05) is 33.4 Å². The average molecular weight is 917 g/mol. The van der Waals surface area contributed by atoms with Crippen molar-refractivity contribution in [2.24, 2.45) is 0 Å². The first-order valence-corrected chi connectivity index (χ1v) is 28.4. The smallest absolute Gasteiger partial charge is 0.0520 e. The number of hydrogen-bond acceptors (Lipinski definition) is 0. The molecule has 26 aromatic carbocycles. The lowest BCUT2D eigenvalue weighted by Gasteiger charge is -2.53. The number of allylic oxidation sites excluding steroid dienone is 2. The predicted molar refractivity (Wildman–Crippen MR) is 311 cm³/mol. The molecule has 0 radical (unpaired) electrons. The summed E-state index contributed by atoms with van der Waals surface area (Å²) in [6.45, 7) is 0. The van der Waals surface area contributed by atoms with Crippen LogP contribution in [0.15, 0.2) is 66.2 Å². The molecule has 35 rings (SSSR count). The summed E-state index contributed by atoms with van der Waals surface area (Å²) in [5, 5.41) is 78.0. The van der Waals surface area contributed by atoms with Crippen molar-refractivity contribution in [2.45, 2.75) is 40.9 Å². The topological polar surface area (TPSA) is 0 Å². The van der Waals surface area contributed by atoms with Gasteiger partial charge < -0.3 is 0 Å². The van der Waals surface area contributed by atoms with Crippen LogP contribution in [0.1, 0.15) is 62.1 Å². The molecule has 0 saturated heterocycles. The first kappa shape index (κ1) is 28.6. The molecule has 75 heavy (non-hydrogen) atoms. The van der Waals surface area contributed by atoms with Crippen LogP contribution in [0.4, 0.5) is 0 Å². The summed E-state index contributed by atoms with van der Waals surface area (Å²) in [5.41, 5.74) is 20.6. The van der Waals surface area contributed by atoms with Gasteiger partial charge in [-0.15, -0.1) is 0 Å². The van der Waals surface area contributed by atoms with Crippen molar-refractivity contribution in [3.8, 4) is 0 Å². The van der Waals surface area contributed by atoms with Crippen molar-refractivity contribution in [2.75, 3.05) is 0 Å². The lowest BCUT2D eigenvalue weighted by atomic mass is 9.48. The first-order valence-electron chi connectivity index (χ1n) is 28.4. The second-order valence-electron chi connectivity index (χ2n) is 28.1. The van der Waals surface area contributed by atoms with E-state index in [1.54, 1.807) is 270 Å². The largest absolute Gasteiger partial charge is 0.0622 e. The van der Waals surface area contributed by atoms with Gasteiger partial charge in [-0.1, -0.05) is 60.7 Å². The van der Waals surface area contributed by atoms with E-state index in [0.717, 1.165) is 12.8 Å². The molecule has 0 aromatic heterocycles. The summed E-state index contributed by atoms with van der Waals surface area (Å²) in [6, 6.07) is 24.2. The summed E-state index contributed by atoms with van der Waals surface area (Å²) in [4.78, 5) is 0. The van der Waals surface area contributed by atoms with Crippen LogP contribution in [0.3, 0.4) is 0 Å². The molecule has 0 aliphatic heterocycles. The van der Waals surface area contributed by atoms with E-state index in [1.165, 1.54) is 17.5 Å². The summed E-state index contributed by atoms with van der Waals surface area (Å²) in [6.07, 6.45) is 3.34. The molecule has 0 nitrogen and oxygen atoms in total. The van der Waals surface area contributed by atoms with Crippen molar-refractivity contribution >= 4 is 253 Å². The molecule has 0 N–H and O–H groups in total. The molecule has 9 aliphatic rings. The van der Waals surface area contributed by atoms with Gasteiger partial charge in [0, 0.05) is 16.2 Å². The van der Waals surface area contributed by atoms with Gasteiger partial charge in [0.1, 0.15) is 0 Å². The van der Waals surface area contributed by atoms with Gasteiger partial charge in [0.05, 0.1) is 5.41 Å². The zero-order valence-corrected chi connectivity index (χ0v) is 38.9. The molecule has 316 valence electrons. The second kappa shape index (κ2) is 6.56. The Labute approximate surface area is 413 Å². The third-order valence-electron chi connectivity index (χ3n) is 27.8. The van der Waals surface area contributed by atoms with Crippen LogP contribution in [0.2, 0.25) is 0 Å². The van der Waals surface area contributed by atoms with E-state index < -0.39 is 0 Å². The minimum Gasteiger partial charge on any atom is -0.0622 e. The van der Waals surface area contributed by atoms with Crippen LogP contribution >= 0.6 is 0 Å². The lowest BCUT2D eigenvalue weighted by Crippen LogP contribution is -2.49. The minimum atomic E-state index is -0.297. The second-order valence-corrected chi connectivity index (χ2v) is 28.1. The van der Waals surface area contributed by atoms with Crippen LogP contribution in [0, 0.1) is 0 Å². The number of rotatable bonds is 4. The highest BCUT2D eigenvalue weighted by molar-refractivity contribution is 6.79. The Morgan fingerprint density at radius 1 is 0.227 bits per heavy atom. The Balaban J connectivity index is 1.11. The third-order valence-corrected chi connectivity index (χ3v) is 27.8. The van der Waals surface area contributed by atoms with Gasteiger partial charge in [-0.3, -0.25) is 0 Å². The number of benzene rings is 18. The Morgan fingerprint density at radius 2 is 0.507 bits per heavy atom. The summed E-state index contributed by atoms with van der Waals surface area (Å²) in [5.74, 6) is 0. The monoisotopic (exact) mass is 916 g/mol. The highest BCUT2D eigenvalue weighted by Gasteiger charge is 2.87. The zero-order valence-electron chi connectivity index (χ0n) is 38.9. The van der Waals surface area contributed by atoms with E-state index in [2.05, 4.69) is 60.7 Å². The zero-order chi connectivity index (χ0) is 44.7. The molecule has 4 atom stereocenters. The molecule has 0 heteroatoms. The molecule has 1 saturated carbocycles. The molecule has 0 amide bonds. The number of hydrogen-bond donors (Lipinski definition) is 0. The van der Waals surface area contributed by atoms with Crippen molar-refractivity contribution in [3.63, 3.8) is 0 Å². The molecule has 9 aliphatic carbocycles. The van der Waals surface area contributed by atoms with Crippen LogP contribution < -0.4 is 0 Å². The molecular formula is C75H16. The average Bonchev–Trinajstić information content (AvgIpc) is 4.13. The van der Waals surface area contributed by atoms with Gasteiger partial charge in [0.25, 0.3) is 0 Å².